The lowest BCUT2D eigenvalue weighted by molar-refractivity contribution is 0.292. The van der Waals surface area contributed by atoms with Crippen LogP contribution < -0.4 is 4.90 Å². The molecule has 2 heterocycles. The average molecular weight is 969 g/mol. The maximum Gasteiger partial charge on any atom is 0.143 e. The fourth-order valence-electron chi connectivity index (χ4n) is 11.9. The summed E-state index contributed by atoms with van der Waals surface area (Å²) < 4.78 is 9.01. The molecule has 0 aliphatic heterocycles. The van der Waals surface area contributed by atoms with E-state index in [0.717, 1.165) is 73.4 Å². The first-order chi connectivity index (χ1) is 36.5. The number of anilines is 3. The molecule has 1 aliphatic carbocycles. The largest absolute Gasteiger partial charge is 0.455 e. The average Bonchev–Trinajstić information content (AvgIpc) is 4.00. The van der Waals surface area contributed by atoms with Crippen molar-refractivity contribution < 1.29 is 4.42 Å². The lowest BCUT2D eigenvalue weighted by Gasteiger charge is -2.36. The Labute approximate surface area is 440 Å². The fraction of sp³-hybridized carbons (Fsp3) is 0.139. The second-order valence-corrected chi connectivity index (χ2v) is 22.5. The second-order valence-electron chi connectivity index (χ2n) is 22.5. The molecule has 0 fully saturated rings. The zero-order valence-electron chi connectivity index (χ0n) is 43.6. The monoisotopic (exact) mass is 968 g/mol. The van der Waals surface area contributed by atoms with Crippen LogP contribution in [0.25, 0.3) is 99.2 Å². The number of allylic oxidation sites excluding steroid dienone is 4. The van der Waals surface area contributed by atoms with Gasteiger partial charge in [0.1, 0.15) is 11.2 Å². The van der Waals surface area contributed by atoms with Gasteiger partial charge < -0.3 is 13.9 Å². The minimum Gasteiger partial charge on any atom is -0.455 e. The maximum absolute atomic E-state index is 6.59. The lowest BCUT2D eigenvalue weighted by atomic mass is 9.69. The van der Waals surface area contributed by atoms with Gasteiger partial charge in [-0.05, 0) is 122 Å². The molecule has 0 spiro atoms. The number of nitrogens with zero attached hydrogens (tertiary/aromatic N) is 2. The van der Waals surface area contributed by atoms with Gasteiger partial charge in [-0.1, -0.05) is 224 Å². The van der Waals surface area contributed by atoms with Crippen LogP contribution in [0.1, 0.15) is 53.5 Å². The molecule has 364 valence electrons. The molecule has 2 aromatic heterocycles. The summed E-state index contributed by atoms with van der Waals surface area (Å²) in [5.74, 6) is 0.404. The summed E-state index contributed by atoms with van der Waals surface area (Å²) in [5, 5.41) is 7.21. The zero-order chi connectivity index (χ0) is 51.0. The molecule has 75 heavy (non-hydrogen) atoms. The highest BCUT2D eigenvalue weighted by Crippen LogP contribution is 2.51. The van der Waals surface area contributed by atoms with Gasteiger partial charge in [-0.15, -0.1) is 0 Å². The Kier molecular flexibility index (Phi) is 11.1. The Balaban J connectivity index is 1.04. The topological polar surface area (TPSA) is 21.3 Å². The van der Waals surface area contributed by atoms with Crippen LogP contribution in [0.5, 0.6) is 0 Å². The van der Waals surface area contributed by atoms with Gasteiger partial charge in [-0.3, -0.25) is 0 Å². The molecule has 0 saturated heterocycles. The molecule has 0 bridgehead atoms. The van der Waals surface area contributed by atoms with Crippen molar-refractivity contribution in [2.75, 3.05) is 4.90 Å². The quantitative estimate of drug-likeness (QED) is 0.151. The molecular formula is C72H60N2O. The molecule has 1 aliphatic rings. The number of furan rings is 1. The molecule has 1 atom stereocenters. The molecule has 0 amide bonds. The molecule has 3 nitrogen and oxygen atoms in total. The number of aromatic nitrogens is 1. The molecule has 12 aromatic rings. The number of hydrogen-bond donors (Lipinski definition) is 0. The summed E-state index contributed by atoms with van der Waals surface area (Å²) in [4.78, 5) is 2.50. The third-order valence-corrected chi connectivity index (χ3v) is 15.8. The van der Waals surface area contributed by atoms with E-state index in [4.69, 9.17) is 4.42 Å². The predicted molar refractivity (Wildman–Crippen MR) is 320 cm³/mol. The van der Waals surface area contributed by atoms with Crippen LogP contribution in [0, 0.1) is 16.7 Å². The summed E-state index contributed by atoms with van der Waals surface area (Å²) >= 11 is 0. The van der Waals surface area contributed by atoms with Crippen LogP contribution in [0.3, 0.4) is 0 Å². The first-order valence-corrected chi connectivity index (χ1v) is 26.5. The van der Waals surface area contributed by atoms with Crippen LogP contribution in [0.2, 0.25) is 0 Å². The summed E-state index contributed by atoms with van der Waals surface area (Å²) in [6.45, 7) is 14.2. The lowest BCUT2D eigenvalue weighted by Crippen LogP contribution is -2.23. The van der Waals surface area contributed by atoms with E-state index in [1.165, 1.54) is 60.4 Å². The van der Waals surface area contributed by atoms with E-state index in [9.17, 15) is 0 Å². The van der Waals surface area contributed by atoms with Crippen molar-refractivity contribution in [2.24, 2.45) is 16.7 Å². The fourth-order valence-corrected chi connectivity index (χ4v) is 11.9. The van der Waals surface area contributed by atoms with Gasteiger partial charge in [-0.25, -0.2) is 0 Å². The summed E-state index contributed by atoms with van der Waals surface area (Å²) in [5.41, 5.74) is 19.6. The van der Waals surface area contributed by atoms with E-state index in [0.29, 0.717) is 5.92 Å². The standard InChI is InChI=1S/C72H60N2O/c1-71(2,3)50-44-49(45-51(46-50)72(4,5)6)54-30-18-22-48-23-19-32-59(68(48)54)56-26-10-14-35-63(56)73(53-42-40-47(41-43-53)55-31-20-34-61-58-28-13-17-39-67(58)75-70(55)61)64-36-15-11-27-57(64)60-33-21-38-66-69(60)62-29-12-16-37-65(62)74(66)52-24-8-7-9-25-52/h7-44,46,51H,45H2,1-6H3. The van der Waals surface area contributed by atoms with Gasteiger partial charge in [0, 0.05) is 49.6 Å². The molecule has 3 heteroatoms. The van der Waals surface area contributed by atoms with Crippen molar-refractivity contribution in [1.29, 1.82) is 0 Å². The Morgan fingerprint density at radius 2 is 1.00 bits per heavy atom. The molecular weight excluding hydrogens is 909 g/mol. The van der Waals surface area contributed by atoms with Crippen molar-refractivity contribution in [1.82, 2.24) is 4.57 Å². The first-order valence-electron chi connectivity index (χ1n) is 26.5. The Bertz CT molecular complexity index is 4220. The van der Waals surface area contributed by atoms with Gasteiger partial charge in [0.05, 0.1) is 22.4 Å². The molecule has 0 radical (unpaired) electrons. The van der Waals surface area contributed by atoms with Gasteiger partial charge in [-0.2, -0.15) is 0 Å². The zero-order valence-corrected chi connectivity index (χ0v) is 43.6. The van der Waals surface area contributed by atoms with Crippen molar-refractivity contribution in [3.8, 4) is 39.1 Å². The SMILES string of the molecule is CC(C)(C)C1=CC(C(C)(C)C)CC(c2cccc3cccc(-c4ccccc4N(c4ccc(-c5cccc6c5oc5ccccc56)cc4)c4ccccc4-c4cccc5c4c4ccccc4n5-c4ccccc4)c23)=C1. The highest BCUT2D eigenvalue weighted by Gasteiger charge is 2.32. The van der Waals surface area contributed by atoms with Gasteiger partial charge >= 0.3 is 0 Å². The number of benzene rings is 10. The van der Waals surface area contributed by atoms with Crippen LogP contribution >= 0.6 is 0 Å². The first kappa shape index (κ1) is 46.1. The van der Waals surface area contributed by atoms with Gasteiger partial charge in [0.15, 0.2) is 0 Å². The molecule has 13 rings (SSSR count). The Hall–Kier alpha value is -8.66. The number of rotatable bonds is 8. The minimum absolute atomic E-state index is 0.0119. The summed E-state index contributed by atoms with van der Waals surface area (Å²) in [6.07, 6.45) is 6.05. The van der Waals surface area contributed by atoms with Crippen LogP contribution in [-0.4, -0.2) is 4.57 Å². The van der Waals surface area contributed by atoms with E-state index in [-0.39, 0.29) is 10.8 Å². The van der Waals surface area contributed by atoms with E-state index in [1.54, 1.807) is 0 Å². The van der Waals surface area contributed by atoms with Gasteiger partial charge in [0.2, 0.25) is 0 Å². The van der Waals surface area contributed by atoms with Gasteiger partial charge in [0.25, 0.3) is 0 Å². The highest BCUT2D eigenvalue weighted by molar-refractivity contribution is 6.17. The molecule has 10 aromatic carbocycles. The van der Waals surface area contributed by atoms with E-state index in [2.05, 4.69) is 282 Å². The third kappa shape index (κ3) is 7.97. The normalized spacial score (nSPS) is 14.2. The Morgan fingerprint density at radius 3 is 1.71 bits per heavy atom. The number of fused-ring (bicyclic) bond motifs is 7. The van der Waals surface area contributed by atoms with Crippen LogP contribution in [0.4, 0.5) is 17.1 Å². The maximum atomic E-state index is 6.59. The third-order valence-electron chi connectivity index (χ3n) is 15.8. The van der Waals surface area contributed by atoms with Crippen LogP contribution in [0.15, 0.2) is 247 Å². The molecule has 1 unspecified atom stereocenters. The number of para-hydroxylation sites is 6. The molecule has 0 N–H and O–H groups in total. The predicted octanol–water partition coefficient (Wildman–Crippen LogP) is 20.7. The van der Waals surface area contributed by atoms with E-state index >= 15 is 0 Å². The van der Waals surface area contributed by atoms with Crippen LogP contribution in [-0.2, 0) is 0 Å². The minimum atomic E-state index is 0.0119. The van der Waals surface area contributed by atoms with Crippen molar-refractivity contribution in [3.63, 3.8) is 0 Å². The van der Waals surface area contributed by atoms with Crippen molar-refractivity contribution >= 4 is 77.2 Å². The highest BCUT2D eigenvalue weighted by atomic mass is 16.3. The molecule has 0 saturated carbocycles. The van der Waals surface area contributed by atoms with E-state index in [1.807, 2.05) is 6.07 Å². The second kappa shape index (κ2) is 18.1. The van der Waals surface area contributed by atoms with Crippen molar-refractivity contribution in [3.05, 3.63) is 248 Å². The smallest absolute Gasteiger partial charge is 0.143 e. The van der Waals surface area contributed by atoms with E-state index < -0.39 is 0 Å². The summed E-state index contributed by atoms with van der Waals surface area (Å²) in [6, 6.07) is 82.1. The number of hydrogen-bond acceptors (Lipinski definition) is 2. The summed E-state index contributed by atoms with van der Waals surface area (Å²) in [7, 11) is 0. The Morgan fingerprint density at radius 1 is 0.453 bits per heavy atom. The van der Waals surface area contributed by atoms with Crippen molar-refractivity contribution in [2.45, 2.75) is 48.0 Å².